The lowest BCUT2D eigenvalue weighted by Crippen LogP contribution is -2.27. The van der Waals surface area contributed by atoms with E-state index in [2.05, 4.69) is 10.0 Å². The molecule has 0 aromatic heterocycles. The highest BCUT2D eigenvalue weighted by Gasteiger charge is 2.19. The van der Waals surface area contributed by atoms with Crippen LogP contribution in [0.25, 0.3) is 0 Å². The Bertz CT molecular complexity index is 1290. The number of amides is 1. The summed E-state index contributed by atoms with van der Waals surface area (Å²) in [4.78, 5) is 13.1. The van der Waals surface area contributed by atoms with Gasteiger partial charge in [-0.25, -0.2) is 8.42 Å². The summed E-state index contributed by atoms with van der Waals surface area (Å²) in [5.74, 6) is 0.789. The number of sulfonamides is 1. The molecule has 0 bridgehead atoms. The molecule has 0 aliphatic heterocycles. The fourth-order valence-corrected chi connectivity index (χ4v) is 4.64. The number of rotatable bonds is 10. The van der Waals surface area contributed by atoms with Gasteiger partial charge in [-0.2, -0.15) is 0 Å². The number of carbonyl (C=O) groups excluding carboxylic acids is 1. The third kappa shape index (κ3) is 6.68. The largest absolute Gasteiger partial charge is 0.490 e. The Hall–Kier alpha value is -3.23. The molecule has 3 aromatic rings. The highest BCUT2D eigenvalue weighted by Crippen LogP contribution is 2.31. The molecular weight excluding hydrogens is 488 g/mol. The van der Waals surface area contributed by atoms with Gasteiger partial charge >= 0.3 is 0 Å². The monoisotopic (exact) mass is 516 g/mol. The van der Waals surface area contributed by atoms with E-state index in [0.29, 0.717) is 24.7 Å². The van der Waals surface area contributed by atoms with Crippen molar-refractivity contribution in [2.24, 2.45) is 0 Å². The lowest BCUT2D eigenvalue weighted by Gasteiger charge is -2.18. The molecule has 3 aromatic carbocycles. The molecule has 1 atom stereocenters. The molecule has 0 saturated carbocycles. The summed E-state index contributed by atoms with van der Waals surface area (Å²) in [6, 6.07) is 16.0. The lowest BCUT2D eigenvalue weighted by molar-refractivity contribution is 0.0940. The van der Waals surface area contributed by atoms with E-state index in [0.717, 1.165) is 11.1 Å². The van der Waals surface area contributed by atoms with Gasteiger partial charge in [0, 0.05) is 5.69 Å². The molecule has 35 heavy (non-hydrogen) atoms. The van der Waals surface area contributed by atoms with Crippen LogP contribution in [0.2, 0.25) is 5.02 Å². The molecule has 0 fully saturated rings. The normalized spacial score (nSPS) is 12.0. The van der Waals surface area contributed by atoms with Crippen molar-refractivity contribution in [3.8, 4) is 11.5 Å². The number of carbonyl (C=O) groups is 1. The highest BCUT2D eigenvalue weighted by atomic mass is 35.5. The Morgan fingerprint density at radius 3 is 2.26 bits per heavy atom. The van der Waals surface area contributed by atoms with E-state index in [4.69, 9.17) is 21.1 Å². The van der Waals surface area contributed by atoms with Crippen molar-refractivity contribution in [1.82, 2.24) is 5.32 Å². The average molecular weight is 517 g/mol. The smallest absolute Gasteiger partial charge is 0.261 e. The first-order valence-electron chi connectivity index (χ1n) is 11.2. The van der Waals surface area contributed by atoms with E-state index < -0.39 is 15.9 Å². The summed E-state index contributed by atoms with van der Waals surface area (Å²) in [5, 5.41) is 3.11. The third-order valence-electron chi connectivity index (χ3n) is 5.21. The Balaban J connectivity index is 1.79. The molecule has 186 valence electrons. The zero-order valence-corrected chi connectivity index (χ0v) is 21.7. The van der Waals surface area contributed by atoms with Crippen molar-refractivity contribution in [3.05, 3.63) is 82.4 Å². The molecule has 3 rings (SSSR count). The lowest BCUT2D eigenvalue weighted by atomic mass is 10.1. The van der Waals surface area contributed by atoms with Gasteiger partial charge in [0.2, 0.25) is 0 Å². The third-order valence-corrected chi connectivity index (χ3v) is 6.94. The Morgan fingerprint density at radius 1 is 0.943 bits per heavy atom. The van der Waals surface area contributed by atoms with Gasteiger partial charge in [-0.3, -0.25) is 9.52 Å². The van der Waals surface area contributed by atoms with Crippen molar-refractivity contribution in [1.29, 1.82) is 0 Å². The van der Waals surface area contributed by atoms with Crippen LogP contribution in [0.15, 0.2) is 65.6 Å². The van der Waals surface area contributed by atoms with Crippen molar-refractivity contribution in [2.45, 2.75) is 38.6 Å². The average Bonchev–Trinajstić information content (AvgIpc) is 2.81. The van der Waals surface area contributed by atoms with Crippen LogP contribution in [0.1, 0.15) is 48.3 Å². The predicted molar refractivity (Wildman–Crippen MR) is 138 cm³/mol. The first-order valence-corrected chi connectivity index (χ1v) is 13.1. The summed E-state index contributed by atoms with van der Waals surface area (Å²) in [7, 11) is -3.82. The molecule has 0 saturated heterocycles. The fourth-order valence-electron chi connectivity index (χ4n) is 3.39. The maximum absolute atomic E-state index is 13.0. The maximum Gasteiger partial charge on any atom is 0.261 e. The van der Waals surface area contributed by atoms with Crippen molar-refractivity contribution >= 4 is 33.2 Å². The Labute approximate surface area is 211 Å². The summed E-state index contributed by atoms with van der Waals surface area (Å²) in [6.07, 6.45) is 0. The molecule has 7 nitrogen and oxygen atoms in total. The van der Waals surface area contributed by atoms with E-state index in [-0.39, 0.29) is 27.2 Å². The molecule has 1 amide bonds. The van der Waals surface area contributed by atoms with Gasteiger partial charge in [0.05, 0.1) is 34.7 Å². The van der Waals surface area contributed by atoms with Crippen molar-refractivity contribution < 1.29 is 22.7 Å². The number of anilines is 1. The minimum Gasteiger partial charge on any atom is -0.490 e. The minimum atomic E-state index is -3.82. The molecule has 9 heteroatoms. The van der Waals surface area contributed by atoms with Crippen LogP contribution in [0.4, 0.5) is 5.69 Å². The summed E-state index contributed by atoms with van der Waals surface area (Å²) >= 11 is 6.27. The summed E-state index contributed by atoms with van der Waals surface area (Å²) in [5.41, 5.74) is 2.15. The van der Waals surface area contributed by atoms with Crippen LogP contribution in [0.5, 0.6) is 11.5 Å². The van der Waals surface area contributed by atoms with E-state index in [1.165, 1.54) is 30.3 Å². The number of benzene rings is 3. The van der Waals surface area contributed by atoms with Crippen LogP contribution < -0.4 is 19.5 Å². The molecule has 0 aliphatic carbocycles. The van der Waals surface area contributed by atoms with Gasteiger partial charge in [0.25, 0.3) is 15.9 Å². The zero-order chi connectivity index (χ0) is 25.6. The Morgan fingerprint density at radius 2 is 1.60 bits per heavy atom. The number of hydrogen-bond donors (Lipinski definition) is 2. The van der Waals surface area contributed by atoms with Crippen LogP contribution in [0, 0.1) is 6.92 Å². The van der Waals surface area contributed by atoms with Gasteiger partial charge in [-0.05, 0) is 75.7 Å². The van der Waals surface area contributed by atoms with Crippen molar-refractivity contribution in [2.75, 3.05) is 17.9 Å². The summed E-state index contributed by atoms with van der Waals surface area (Å²) < 4.78 is 39.2. The molecule has 0 spiro atoms. The number of ether oxygens (including phenoxy) is 2. The van der Waals surface area contributed by atoms with Crippen LogP contribution in [-0.2, 0) is 10.0 Å². The van der Waals surface area contributed by atoms with Gasteiger partial charge < -0.3 is 14.8 Å². The van der Waals surface area contributed by atoms with Gasteiger partial charge in [0.1, 0.15) is 0 Å². The van der Waals surface area contributed by atoms with E-state index in [9.17, 15) is 13.2 Å². The predicted octanol–water partition coefficient (Wildman–Crippen LogP) is 5.74. The number of halogens is 1. The Kier molecular flexibility index (Phi) is 8.64. The molecule has 2 N–H and O–H groups in total. The molecule has 0 radical (unpaired) electrons. The molecule has 1 unspecified atom stereocenters. The van der Waals surface area contributed by atoms with Gasteiger partial charge in [0.15, 0.2) is 11.5 Å². The van der Waals surface area contributed by atoms with Gasteiger partial charge in [-0.1, -0.05) is 35.4 Å². The maximum atomic E-state index is 13.0. The summed E-state index contributed by atoms with van der Waals surface area (Å²) in [6.45, 7) is 8.47. The first-order chi connectivity index (χ1) is 16.6. The molecular formula is C26H29ClN2O5S. The standard InChI is InChI=1S/C26H29ClN2O5S/c1-5-33-24-14-9-19(15-25(24)34-6-2)18(4)28-26(30)22-16-20(10-13-23(22)27)29-35(31,32)21-11-7-17(3)8-12-21/h7-16,18,29H,5-6H2,1-4H3,(H,28,30). The first kappa shape index (κ1) is 26.4. The van der Waals surface area contributed by atoms with Gasteiger partial charge in [-0.15, -0.1) is 0 Å². The molecule has 0 heterocycles. The van der Waals surface area contributed by atoms with E-state index >= 15 is 0 Å². The SMILES string of the molecule is CCOc1ccc(C(C)NC(=O)c2cc(NS(=O)(=O)c3ccc(C)cc3)ccc2Cl)cc1OCC. The molecule has 0 aliphatic rings. The number of hydrogen-bond acceptors (Lipinski definition) is 5. The second kappa shape index (κ2) is 11.5. The number of nitrogens with one attached hydrogen (secondary N) is 2. The number of aryl methyl sites for hydroxylation is 1. The second-order valence-electron chi connectivity index (χ2n) is 7.88. The second-order valence-corrected chi connectivity index (χ2v) is 9.97. The van der Waals surface area contributed by atoms with E-state index in [1.807, 2.05) is 39.8 Å². The quantitative estimate of drug-likeness (QED) is 0.358. The van der Waals surface area contributed by atoms with Crippen LogP contribution in [-0.4, -0.2) is 27.5 Å². The zero-order valence-electron chi connectivity index (χ0n) is 20.1. The fraction of sp³-hybridized carbons (Fsp3) is 0.269. The van der Waals surface area contributed by atoms with Crippen molar-refractivity contribution in [3.63, 3.8) is 0 Å². The minimum absolute atomic E-state index is 0.123. The topological polar surface area (TPSA) is 93.7 Å². The highest BCUT2D eigenvalue weighted by molar-refractivity contribution is 7.92. The van der Waals surface area contributed by atoms with Crippen LogP contribution in [0.3, 0.4) is 0 Å². The van der Waals surface area contributed by atoms with E-state index in [1.54, 1.807) is 18.2 Å². The van der Waals surface area contributed by atoms with Crippen LogP contribution >= 0.6 is 11.6 Å².